The number of ether oxygens (including phenoxy) is 1. The fourth-order valence-corrected chi connectivity index (χ4v) is 3.89. The summed E-state index contributed by atoms with van der Waals surface area (Å²) in [5.41, 5.74) is -0.0841. The SMILES string of the molecule is Cn1ccnc1CN1CCOC2(CCCN(c3ccccn3)C2)C1. The number of morpholine rings is 1. The van der Waals surface area contributed by atoms with Gasteiger partial charge in [0.05, 0.1) is 18.8 Å². The summed E-state index contributed by atoms with van der Waals surface area (Å²) >= 11 is 0. The normalized spacial score (nSPS) is 25.3. The maximum absolute atomic E-state index is 6.30. The van der Waals surface area contributed by atoms with Crippen LogP contribution in [0.15, 0.2) is 36.8 Å². The van der Waals surface area contributed by atoms with Crippen molar-refractivity contribution >= 4 is 5.82 Å². The van der Waals surface area contributed by atoms with Gasteiger partial charge in [0, 0.05) is 51.8 Å². The molecule has 2 aliphatic heterocycles. The summed E-state index contributed by atoms with van der Waals surface area (Å²) in [5, 5.41) is 0. The van der Waals surface area contributed by atoms with Crippen LogP contribution < -0.4 is 4.90 Å². The zero-order valence-corrected chi connectivity index (χ0v) is 14.3. The van der Waals surface area contributed by atoms with E-state index in [1.807, 2.05) is 24.7 Å². The molecule has 0 bridgehead atoms. The standard InChI is InChI=1S/C18H25N5O/c1-21-10-8-20-17(21)13-22-11-12-24-18(14-22)6-4-9-23(15-18)16-5-2-3-7-19-16/h2-3,5,7-8,10H,4,6,9,11-15H2,1H3. The Balaban J connectivity index is 1.46. The number of hydrogen-bond donors (Lipinski definition) is 0. The number of nitrogens with zero attached hydrogens (tertiary/aromatic N) is 5. The van der Waals surface area contributed by atoms with Gasteiger partial charge < -0.3 is 14.2 Å². The molecule has 0 aromatic carbocycles. The summed E-state index contributed by atoms with van der Waals surface area (Å²) in [5.74, 6) is 2.17. The predicted molar refractivity (Wildman–Crippen MR) is 92.9 cm³/mol. The molecule has 6 heteroatoms. The number of piperidine rings is 1. The second-order valence-corrected chi connectivity index (χ2v) is 6.91. The predicted octanol–water partition coefficient (Wildman–Crippen LogP) is 1.69. The van der Waals surface area contributed by atoms with Crippen molar-refractivity contribution in [3.8, 4) is 0 Å². The van der Waals surface area contributed by atoms with Gasteiger partial charge in [0.1, 0.15) is 11.6 Å². The Labute approximate surface area is 143 Å². The highest BCUT2D eigenvalue weighted by atomic mass is 16.5. The molecule has 4 rings (SSSR count). The Kier molecular flexibility index (Phi) is 4.24. The third kappa shape index (κ3) is 3.16. The van der Waals surface area contributed by atoms with Crippen LogP contribution in [0.3, 0.4) is 0 Å². The molecule has 2 saturated heterocycles. The smallest absolute Gasteiger partial charge is 0.128 e. The highest BCUT2D eigenvalue weighted by Gasteiger charge is 2.41. The van der Waals surface area contributed by atoms with E-state index in [0.717, 1.165) is 63.8 Å². The minimum atomic E-state index is -0.0841. The van der Waals surface area contributed by atoms with Gasteiger partial charge in [-0.15, -0.1) is 0 Å². The van der Waals surface area contributed by atoms with Gasteiger partial charge >= 0.3 is 0 Å². The minimum absolute atomic E-state index is 0.0841. The molecule has 2 aromatic heterocycles. The van der Waals surface area contributed by atoms with Gasteiger partial charge in [-0.2, -0.15) is 0 Å². The van der Waals surface area contributed by atoms with Gasteiger partial charge in [0.25, 0.3) is 0 Å². The van der Waals surface area contributed by atoms with Crippen molar-refractivity contribution in [1.29, 1.82) is 0 Å². The molecular formula is C18H25N5O. The molecule has 0 N–H and O–H groups in total. The van der Waals surface area contributed by atoms with Crippen molar-refractivity contribution in [2.75, 3.05) is 37.7 Å². The Morgan fingerprint density at radius 2 is 2.12 bits per heavy atom. The van der Waals surface area contributed by atoms with Gasteiger partial charge in [-0.05, 0) is 25.0 Å². The Bertz CT molecular complexity index is 669. The zero-order chi connectivity index (χ0) is 16.4. The van der Waals surface area contributed by atoms with Gasteiger partial charge in [0.15, 0.2) is 0 Å². The number of aryl methyl sites for hydroxylation is 1. The van der Waals surface area contributed by atoms with Crippen molar-refractivity contribution in [2.24, 2.45) is 7.05 Å². The first-order valence-corrected chi connectivity index (χ1v) is 8.73. The van der Waals surface area contributed by atoms with Crippen LogP contribution in [-0.2, 0) is 18.3 Å². The highest BCUT2D eigenvalue weighted by Crippen LogP contribution is 2.31. The lowest BCUT2D eigenvalue weighted by Crippen LogP contribution is -2.59. The molecule has 4 heterocycles. The van der Waals surface area contributed by atoms with E-state index in [0.29, 0.717) is 0 Å². The number of imidazole rings is 1. The van der Waals surface area contributed by atoms with Crippen molar-refractivity contribution in [3.63, 3.8) is 0 Å². The molecule has 1 spiro atoms. The molecule has 0 saturated carbocycles. The average Bonchev–Trinajstić information content (AvgIpc) is 3.01. The van der Waals surface area contributed by atoms with E-state index in [9.17, 15) is 0 Å². The summed E-state index contributed by atoms with van der Waals surface area (Å²) in [6.07, 6.45) is 8.01. The molecule has 24 heavy (non-hydrogen) atoms. The molecule has 0 aliphatic carbocycles. The Hall–Kier alpha value is -1.92. The van der Waals surface area contributed by atoms with E-state index >= 15 is 0 Å². The van der Waals surface area contributed by atoms with Gasteiger partial charge in [-0.3, -0.25) is 4.90 Å². The Morgan fingerprint density at radius 3 is 2.92 bits per heavy atom. The van der Waals surface area contributed by atoms with Gasteiger partial charge in [-0.1, -0.05) is 6.07 Å². The summed E-state index contributed by atoms with van der Waals surface area (Å²) in [6.45, 7) is 5.59. The quantitative estimate of drug-likeness (QED) is 0.858. The first-order chi connectivity index (χ1) is 11.7. The number of rotatable bonds is 3. The average molecular weight is 327 g/mol. The van der Waals surface area contributed by atoms with Gasteiger partial charge in [0.2, 0.25) is 0 Å². The number of anilines is 1. The lowest BCUT2D eigenvalue weighted by atomic mass is 9.90. The molecule has 1 atom stereocenters. The highest BCUT2D eigenvalue weighted by molar-refractivity contribution is 5.39. The lowest BCUT2D eigenvalue weighted by molar-refractivity contribution is -0.116. The van der Waals surface area contributed by atoms with E-state index in [1.165, 1.54) is 0 Å². The molecule has 2 fully saturated rings. The van der Waals surface area contributed by atoms with E-state index in [-0.39, 0.29) is 5.60 Å². The van der Waals surface area contributed by atoms with Crippen LogP contribution in [0.4, 0.5) is 5.82 Å². The number of hydrogen-bond acceptors (Lipinski definition) is 5. The molecular weight excluding hydrogens is 302 g/mol. The Morgan fingerprint density at radius 1 is 1.17 bits per heavy atom. The third-order valence-electron chi connectivity index (χ3n) is 5.13. The lowest BCUT2D eigenvalue weighted by Gasteiger charge is -2.48. The number of aromatic nitrogens is 3. The van der Waals surface area contributed by atoms with Crippen LogP contribution in [0.1, 0.15) is 18.7 Å². The molecule has 1 unspecified atom stereocenters. The summed E-state index contributed by atoms with van der Waals surface area (Å²) < 4.78 is 8.40. The maximum atomic E-state index is 6.30. The topological polar surface area (TPSA) is 46.4 Å². The van der Waals surface area contributed by atoms with Crippen LogP contribution in [0.25, 0.3) is 0 Å². The first-order valence-electron chi connectivity index (χ1n) is 8.73. The summed E-state index contributed by atoms with van der Waals surface area (Å²) in [4.78, 5) is 13.8. The van der Waals surface area contributed by atoms with Gasteiger partial charge in [-0.25, -0.2) is 9.97 Å². The summed E-state index contributed by atoms with van der Waals surface area (Å²) in [7, 11) is 2.06. The van der Waals surface area contributed by atoms with E-state index in [2.05, 4.69) is 43.5 Å². The van der Waals surface area contributed by atoms with Crippen LogP contribution in [0, 0.1) is 0 Å². The molecule has 2 aromatic rings. The van der Waals surface area contributed by atoms with E-state index < -0.39 is 0 Å². The van der Waals surface area contributed by atoms with Crippen LogP contribution >= 0.6 is 0 Å². The third-order valence-corrected chi connectivity index (χ3v) is 5.13. The number of pyridine rings is 1. The maximum Gasteiger partial charge on any atom is 0.128 e. The van der Waals surface area contributed by atoms with Crippen molar-refractivity contribution < 1.29 is 4.74 Å². The largest absolute Gasteiger partial charge is 0.370 e. The molecule has 6 nitrogen and oxygen atoms in total. The van der Waals surface area contributed by atoms with E-state index in [4.69, 9.17) is 4.74 Å². The molecule has 0 amide bonds. The zero-order valence-electron chi connectivity index (χ0n) is 14.3. The van der Waals surface area contributed by atoms with Crippen molar-refractivity contribution in [2.45, 2.75) is 25.0 Å². The summed E-state index contributed by atoms with van der Waals surface area (Å²) in [6, 6.07) is 6.11. The monoisotopic (exact) mass is 327 g/mol. The second-order valence-electron chi connectivity index (χ2n) is 6.91. The minimum Gasteiger partial charge on any atom is -0.370 e. The van der Waals surface area contributed by atoms with Crippen LogP contribution in [-0.4, -0.2) is 57.8 Å². The van der Waals surface area contributed by atoms with Crippen LogP contribution in [0.5, 0.6) is 0 Å². The van der Waals surface area contributed by atoms with Crippen LogP contribution in [0.2, 0.25) is 0 Å². The fourth-order valence-electron chi connectivity index (χ4n) is 3.89. The van der Waals surface area contributed by atoms with Crippen molar-refractivity contribution in [1.82, 2.24) is 19.4 Å². The first kappa shape index (κ1) is 15.6. The second kappa shape index (κ2) is 6.53. The molecule has 128 valence electrons. The fraction of sp³-hybridized carbons (Fsp3) is 0.556. The molecule has 0 radical (unpaired) electrons. The molecule has 2 aliphatic rings. The van der Waals surface area contributed by atoms with E-state index in [1.54, 1.807) is 0 Å². The van der Waals surface area contributed by atoms with Crippen molar-refractivity contribution in [3.05, 3.63) is 42.6 Å².